The van der Waals surface area contributed by atoms with E-state index in [0.29, 0.717) is 5.92 Å². The number of nitrogens with one attached hydrogen (secondary N) is 1. The van der Waals surface area contributed by atoms with Gasteiger partial charge in [0, 0.05) is 6.04 Å². The molecule has 0 heterocycles. The van der Waals surface area contributed by atoms with Gasteiger partial charge in [-0.25, -0.2) is 4.39 Å². The van der Waals surface area contributed by atoms with E-state index in [0.717, 1.165) is 23.0 Å². The number of nitrogens with two attached hydrogens (primary N) is 1. The van der Waals surface area contributed by atoms with Crippen molar-refractivity contribution in [3.05, 3.63) is 35.1 Å². The summed E-state index contributed by atoms with van der Waals surface area (Å²) >= 11 is 0. The van der Waals surface area contributed by atoms with E-state index in [1.54, 1.807) is 6.07 Å². The number of hydrogen-bond donors (Lipinski definition) is 2. The molecule has 1 fully saturated rings. The highest BCUT2D eigenvalue weighted by atomic mass is 19.1. The van der Waals surface area contributed by atoms with Crippen molar-refractivity contribution < 1.29 is 4.39 Å². The minimum absolute atomic E-state index is 0.130. The molecule has 1 aromatic rings. The normalized spacial score (nSPS) is 29.2. The Hall–Kier alpha value is -0.930. The van der Waals surface area contributed by atoms with Crippen LogP contribution in [0, 0.1) is 30.5 Å². The van der Waals surface area contributed by atoms with Crippen LogP contribution < -0.4 is 11.3 Å². The molecule has 0 spiro atoms. The Kier molecular flexibility index (Phi) is 4.58. The molecule has 1 aromatic carbocycles. The van der Waals surface area contributed by atoms with Gasteiger partial charge in [-0.2, -0.15) is 0 Å². The zero-order chi connectivity index (χ0) is 14.0. The Balaban J connectivity index is 2.23. The zero-order valence-corrected chi connectivity index (χ0v) is 12.1. The van der Waals surface area contributed by atoms with Crippen molar-refractivity contribution in [2.75, 3.05) is 0 Å². The first-order valence-corrected chi connectivity index (χ1v) is 7.23. The van der Waals surface area contributed by atoms with Gasteiger partial charge in [-0.15, -0.1) is 0 Å². The highest BCUT2D eigenvalue weighted by Crippen LogP contribution is 2.40. The van der Waals surface area contributed by atoms with E-state index in [9.17, 15) is 4.39 Å². The number of rotatable bonds is 3. The van der Waals surface area contributed by atoms with E-state index in [4.69, 9.17) is 5.84 Å². The first kappa shape index (κ1) is 14.5. The van der Waals surface area contributed by atoms with E-state index in [1.807, 2.05) is 13.0 Å². The SMILES string of the molecule is Cc1cc(F)ccc1C(NN)C1CC(C)CC(C)C1. The van der Waals surface area contributed by atoms with Gasteiger partial charge in [0.25, 0.3) is 0 Å². The molecular weight excluding hydrogens is 239 g/mol. The molecule has 3 atom stereocenters. The van der Waals surface area contributed by atoms with Crippen molar-refractivity contribution >= 4 is 0 Å². The number of hydrazine groups is 1. The third-order valence-electron chi connectivity index (χ3n) is 4.43. The molecule has 0 aliphatic heterocycles. The van der Waals surface area contributed by atoms with Crippen LogP contribution in [-0.4, -0.2) is 0 Å². The van der Waals surface area contributed by atoms with Gasteiger partial charge < -0.3 is 0 Å². The molecule has 2 rings (SSSR count). The Morgan fingerprint density at radius 2 is 1.84 bits per heavy atom. The fourth-order valence-electron chi connectivity index (χ4n) is 3.75. The molecule has 1 saturated carbocycles. The maximum Gasteiger partial charge on any atom is 0.123 e. The molecule has 3 N–H and O–H groups in total. The third-order valence-corrected chi connectivity index (χ3v) is 4.43. The van der Waals surface area contributed by atoms with E-state index in [1.165, 1.54) is 25.3 Å². The van der Waals surface area contributed by atoms with Gasteiger partial charge in [0.15, 0.2) is 0 Å². The van der Waals surface area contributed by atoms with E-state index >= 15 is 0 Å². The lowest BCUT2D eigenvalue weighted by atomic mass is 9.72. The minimum Gasteiger partial charge on any atom is -0.271 e. The van der Waals surface area contributed by atoms with Crippen LogP contribution in [-0.2, 0) is 0 Å². The topological polar surface area (TPSA) is 38.0 Å². The summed E-state index contributed by atoms with van der Waals surface area (Å²) in [6.07, 6.45) is 3.68. The number of benzene rings is 1. The van der Waals surface area contributed by atoms with Gasteiger partial charge in [0.05, 0.1) is 0 Å². The smallest absolute Gasteiger partial charge is 0.123 e. The predicted molar refractivity (Wildman–Crippen MR) is 76.9 cm³/mol. The third kappa shape index (κ3) is 3.34. The maximum atomic E-state index is 13.2. The molecule has 106 valence electrons. The Bertz CT molecular complexity index is 423. The predicted octanol–water partition coefficient (Wildman–Crippen LogP) is 3.71. The van der Waals surface area contributed by atoms with Gasteiger partial charge in [-0.05, 0) is 67.2 Å². The second-order valence-corrected chi connectivity index (χ2v) is 6.32. The van der Waals surface area contributed by atoms with E-state index in [2.05, 4.69) is 19.3 Å². The average molecular weight is 264 g/mol. The Labute approximate surface area is 115 Å². The van der Waals surface area contributed by atoms with Crippen LogP contribution in [0.15, 0.2) is 18.2 Å². The van der Waals surface area contributed by atoms with Gasteiger partial charge in [-0.3, -0.25) is 11.3 Å². The van der Waals surface area contributed by atoms with E-state index < -0.39 is 0 Å². The standard InChI is InChI=1S/C16H25FN2/c1-10-6-11(2)8-13(7-10)16(19-18)15-5-4-14(17)9-12(15)3/h4-5,9-11,13,16,19H,6-8,18H2,1-3H3. The molecule has 0 amide bonds. The molecule has 3 unspecified atom stereocenters. The summed E-state index contributed by atoms with van der Waals surface area (Å²) < 4.78 is 13.2. The van der Waals surface area contributed by atoms with Crippen LogP contribution in [0.5, 0.6) is 0 Å². The van der Waals surface area contributed by atoms with Gasteiger partial charge in [0.2, 0.25) is 0 Å². The van der Waals surface area contributed by atoms with Crippen molar-refractivity contribution in [2.24, 2.45) is 23.6 Å². The van der Waals surface area contributed by atoms with Gasteiger partial charge in [0.1, 0.15) is 5.82 Å². The van der Waals surface area contributed by atoms with E-state index in [-0.39, 0.29) is 11.9 Å². The summed E-state index contributed by atoms with van der Waals surface area (Å²) in [6.45, 7) is 6.58. The summed E-state index contributed by atoms with van der Waals surface area (Å²) in [5.74, 6) is 7.63. The molecule has 19 heavy (non-hydrogen) atoms. The lowest BCUT2D eigenvalue weighted by molar-refractivity contribution is 0.176. The molecule has 2 nitrogen and oxygen atoms in total. The lowest BCUT2D eigenvalue weighted by Gasteiger charge is -2.37. The Morgan fingerprint density at radius 3 is 2.37 bits per heavy atom. The Morgan fingerprint density at radius 1 is 1.21 bits per heavy atom. The highest BCUT2D eigenvalue weighted by Gasteiger charge is 2.31. The first-order chi connectivity index (χ1) is 9.01. The molecule has 0 radical (unpaired) electrons. The summed E-state index contributed by atoms with van der Waals surface area (Å²) in [4.78, 5) is 0. The molecule has 0 bridgehead atoms. The van der Waals surface area contributed by atoms with Gasteiger partial charge in [-0.1, -0.05) is 19.9 Å². The molecule has 0 saturated heterocycles. The van der Waals surface area contributed by atoms with Crippen LogP contribution in [0.25, 0.3) is 0 Å². The summed E-state index contributed by atoms with van der Waals surface area (Å²) in [5, 5.41) is 0. The average Bonchev–Trinajstić information content (AvgIpc) is 2.31. The molecule has 3 heteroatoms. The van der Waals surface area contributed by atoms with Crippen LogP contribution in [0.1, 0.15) is 50.3 Å². The molecular formula is C16H25FN2. The summed E-state index contributed by atoms with van der Waals surface area (Å²) in [6, 6.07) is 5.13. The summed E-state index contributed by atoms with van der Waals surface area (Å²) in [5.41, 5.74) is 5.08. The van der Waals surface area contributed by atoms with Crippen LogP contribution in [0.4, 0.5) is 4.39 Å². The second-order valence-electron chi connectivity index (χ2n) is 6.32. The first-order valence-electron chi connectivity index (χ1n) is 7.23. The highest BCUT2D eigenvalue weighted by molar-refractivity contribution is 5.30. The molecule has 1 aliphatic carbocycles. The minimum atomic E-state index is -0.178. The van der Waals surface area contributed by atoms with Crippen molar-refractivity contribution in [3.63, 3.8) is 0 Å². The number of aryl methyl sites for hydroxylation is 1. The van der Waals surface area contributed by atoms with Crippen molar-refractivity contribution in [1.29, 1.82) is 0 Å². The van der Waals surface area contributed by atoms with Crippen LogP contribution in [0.3, 0.4) is 0 Å². The maximum absolute atomic E-state index is 13.2. The summed E-state index contributed by atoms with van der Waals surface area (Å²) in [7, 11) is 0. The van der Waals surface area contributed by atoms with Crippen molar-refractivity contribution in [3.8, 4) is 0 Å². The second kappa shape index (κ2) is 6.02. The number of hydrogen-bond acceptors (Lipinski definition) is 2. The quantitative estimate of drug-likeness (QED) is 0.645. The fraction of sp³-hybridized carbons (Fsp3) is 0.625. The largest absolute Gasteiger partial charge is 0.271 e. The number of halogens is 1. The fourth-order valence-corrected chi connectivity index (χ4v) is 3.75. The van der Waals surface area contributed by atoms with Crippen LogP contribution in [0.2, 0.25) is 0 Å². The monoisotopic (exact) mass is 264 g/mol. The lowest BCUT2D eigenvalue weighted by Crippen LogP contribution is -2.37. The zero-order valence-electron chi connectivity index (χ0n) is 12.1. The van der Waals surface area contributed by atoms with Gasteiger partial charge >= 0.3 is 0 Å². The molecule has 0 aromatic heterocycles. The van der Waals surface area contributed by atoms with Crippen molar-refractivity contribution in [2.45, 2.75) is 46.1 Å². The van der Waals surface area contributed by atoms with Crippen LogP contribution >= 0.6 is 0 Å². The van der Waals surface area contributed by atoms with Crippen molar-refractivity contribution in [1.82, 2.24) is 5.43 Å². The molecule has 1 aliphatic rings.